The van der Waals surface area contributed by atoms with Gasteiger partial charge in [-0.25, -0.2) is 13.3 Å². The van der Waals surface area contributed by atoms with Crippen LogP contribution in [-0.4, -0.2) is 33.5 Å². The molecule has 0 aliphatic carbocycles. The molecule has 0 fully saturated rings. The van der Waals surface area contributed by atoms with E-state index >= 15 is 0 Å². The lowest BCUT2D eigenvalue weighted by Crippen LogP contribution is -2.45. The molecular formula is C28H26N2O4S. The van der Waals surface area contributed by atoms with Crippen molar-refractivity contribution in [3.63, 3.8) is 0 Å². The normalized spacial score (nSPS) is 14.9. The number of benzene rings is 3. The lowest BCUT2D eigenvalue weighted by atomic mass is 10.1. The van der Waals surface area contributed by atoms with Crippen LogP contribution in [0.15, 0.2) is 72.8 Å². The van der Waals surface area contributed by atoms with E-state index in [1.807, 2.05) is 36.4 Å². The van der Waals surface area contributed by atoms with Crippen molar-refractivity contribution in [2.45, 2.75) is 32.9 Å². The number of hydrogen-bond donors (Lipinski definition) is 0. The third kappa shape index (κ3) is 5.61. The molecule has 0 aromatic heterocycles. The molecule has 0 saturated carbocycles. The molecule has 0 bridgehead atoms. The Balaban J connectivity index is 1.52. The summed E-state index contributed by atoms with van der Waals surface area (Å²) in [5, 5.41) is 0. The number of amides is 1. The van der Waals surface area contributed by atoms with Gasteiger partial charge >= 0.3 is 5.97 Å². The Morgan fingerprint density at radius 2 is 1.71 bits per heavy atom. The largest absolute Gasteiger partial charge is 0.459 e. The van der Waals surface area contributed by atoms with Crippen LogP contribution in [0.2, 0.25) is 0 Å². The maximum atomic E-state index is 13.3. The molecule has 0 N–H and O–H groups in total. The highest BCUT2D eigenvalue weighted by Gasteiger charge is 2.34. The number of carbonyl (C=O) groups excluding carboxylic acids is 2. The summed E-state index contributed by atoms with van der Waals surface area (Å²) < 4.78 is 21.1. The van der Waals surface area contributed by atoms with Crippen molar-refractivity contribution in [3.8, 4) is 11.8 Å². The molecule has 1 atom stereocenters. The molecule has 0 spiro atoms. The zero-order valence-corrected chi connectivity index (χ0v) is 20.7. The topological polar surface area (TPSA) is 66.9 Å². The van der Waals surface area contributed by atoms with Gasteiger partial charge in [0.15, 0.2) is 0 Å². The van der Waals surface area contributed by atoms with E-state index in [4.69, 9.17) is 4.74 Å². The smallest absolute Gasteiger partial charge is 0.338 e. The zero-order chi connectivity index (χ0) is 24.9. The van der Waals surface area contributed by atoms with Crippen LogP contribution in [0, 0.1) is 11.8 Å². The van der Waals surface area contributed by atoms with Gasteiger partial charge in [-0.1, -0.05) is 54.3 Å². The average Bonchev–Trinajstić information content (AvgIpc) is 2.86. The predicted octanol–water partition coefficient (Wildman–Crippen LogP) is 4.52. The SMILES string of the molecule is CC(C)OC(=O)c1ccc(CN2C(=O)c3cc(C#CCc4ccccc4)ccc3N(C)S2=O)cc1. The number of ether oxygens (including phenoxy) is 1. The molecular weight excluding hydrogens is 460 g/mol. The van der Waals surface area contributed by atoms with E-state index in [1.165, 1.54) is 4.31 Å². The van der Waals surface area contributed by atoms with Crippen LogP contribution in [0.1, 0.15) is 51.3 Å². The first-order valence-electron chi connectivity index (χ1n) is 11.3. The molecule has 178 valence electrons. The molecule has 1 amide bonds. The first-order valence-corrected chi connectivity index (χ1v) is 12.3. The summed E-state index contributed by atoms with van der Waals surface area (Å²) in [4.78, 5) is 25.4. The second-order valence-electron chi connectivity index (χ2n) is 8.42. The maximum absolute atomic E-state index is 13.3. The minimum atomic E-state index is -1.68. The summed E-state index contributed by atoms with van der Waals surface area (Å²) in [5.74, 6) is 5.54. The summed E-state index contributed by atoms with van der Waals surface area (Å²) in [5.41, 5.74) is 4.08. The van der Waals surface area contributed by atoms with Crippen LogP contribution in [0.25, 0.3) is 0 Å². The predicted molar refractivity (Wildman–Crippen MR) is 137 cm³/mol. The second-order valence-corrected chi connectivity index (χ2v) is 9.87. The molecule has 7 heteroatoms. The highest BCUT2D eigenvalue weighted by molar-refractivity contribution is 7.84. The number of anilines is 1. The molecule has 3 aromatic rings. The van der Waals surface area contributed by atoms with Gasteiger partial charge in [-0.2, -0.15) is 0 Å². The summed E-state index contributed by atoms with van der Waals surface area (Å²) in [7, 11) is 1.69. The number of fused-ring (bicyclic) bond motifs is 1. The molecule has 0 radical (unpaired) electrons. The van der Waals surface area contributed by atoms with E-state index < -0.39 is 17.1 Å². The molecule has 1 aliphatic rings. The summed E-state index contributed by atoms with van der Waals surface area (Å²) in [6.45, 7) is 3.72. The number of esters is 1. The Hall–Kier alpha value is -3.89. The first-order chi connectivity index (χ1) is 16.8. The van der Waals surface area contributed by atoms with Crippen LogP contribution >= 0.6 is 0 Å². The fourth-order valence-corrected chi connectivity index (χ4v) is 4.79. The highest BCUT2D eigenvalue weighted by atomic mass is 32.2. The molecule has 1 aliphatic heterocycles. The molecule has 4 rings (SSSR count). The molecule has 6 nitrogen and oxygen atoms in total. The van der Waals surface area contributed by atoms with Crippen molar-refractivity contribution in [3.05, 3.63) is 101 Å². The lowest BCUT2D eigenvalue weighted by molar-refractivity contribution is 0.0377. The highest BCUT2D eigenvalue weighted by Crippen LogP contribution is 2.31. The fraction of sp³-hybridized carbons (Fsp3) is 0.214. The van der Waals surface area contributed by atoms with Gasteiger partial charge in [-0.3, -0.25) is 9.10 Å². The van der Waals surface area contributed by atoms with Crippen molar-refractivity contribution >= 4 is 28.7 Å². The summed E-state index contributed by atoms with van der Waals surface area (Å²) in [6.07, 6.45) is 0.405. The van der Waals surface area contributed by atoms with Crippen molar-refractivity contribution in [1.29, 1.82) is 0 Å². The Labute approximate surface area is 208 Å². The fourth-order valence-electron chi connectivity index (χ4n) is 3.66. The van der Waals surface area contributed by atoms with Gasteiger partial charge < -0.3 is 4.74 Å². The van der Waals surface area contributed by atoms with Gasteiger partial charge in [0.25, 0.3) is 5.91 Å². The number of hydrogen-bond acceptors (Lipinski definition) is 4. The van der Waals surface area contributed by atoms with Crippen molar-refractivity contribution < 1.29 is 18.5 Å². The van der Waals surface area contributed by atoms with Gasteiger partial charge in [0.1, 0.15) is 0 Å². The zero-order valence-electron chi connectivity index (χ0n) is 19.9. The van der Waals surface area contributed by atoms with E-state index in [-0.39, 0.29) is 18.6 Å². The van der Waals surface area contributed by atoms with E-state index in [0.717, 1.165) is 16.7 Å². The number of carbonyl (C=O) groups is 2. The quantitative estimate of drug-likeness (QED) is 0.393. The van der Waals surface area contributed by atoms with Gasteiger partial charge in [0, 0.05) is 19.0 Å². The third-order valence-corrected chi connectivity index (χ3v) is 6.78. The van der Waals surface area contributed by atoms with Crippen molar-refractivity contribution in [1.82, 2.24) is 4.31 Å². The molecule has 1 unspecified atom stereocenters. The van der Waals surface area contributed by atoms with Gasteiger partial charge in [-0.05, 0) is 55.3 Å². The Morgan fingerprint density at radius 3 is 2.40 bits per heavy atom. The first kappa shape index (κ1) is 24.2. The van der Waals surface area contributed by atoms with Gasteiger partial charge in [0.2, 0.25) is 11.2 Å². The Morgan fingerprint density at radius 1 is 1.00 bits per heavy atom. The summed E-state index contributed by atoms with van der Waals surface area (Å²) >= 11 is -1.68. The lowest BCUT2D eigenvalue weighted by Gasteiger charge is -2.33. The van der Waals surface area contributed by atoms with E-state index in [0.29, 0.717) is 23.2 Å². The Kier molecular flexibility index (Phi) is 7.33. The average molecular weight is 487 g/mol. The number of rotatable bonds is 5. The van der Waals surface area contributed by atoms with E-state index in [1.54, 1.807) is 61.6 Å². The monoisotopic (exact) mass is 486 g/mol. The second kappa shape index (κ2) is 10.6. The van der Waals surface area contributed by atoms with E-state index in [2.05, 4.69) is 11.8 Å². The Bertz CT molecular complexity index is 1320. The van der Waals surface area contributed by atoms with Gasteiger partial charge in [0.05, 0.1) is 29.5 Å². The van der Waals surface area contributed by atoms with Crippen LogP contribution < -0.4 is 4.31 Å². The maximum Gasteiger partial charge on any atom is 0.338 e. The number of nitrogens with zero attached hydrogens (tertiary/aromatic N) is 2. The molecule has 1 heterocycles. The minimum Gasteiger partial charge on any atom is -0.459 e. The molecule has 3 aromatic carbocycles. The van der Waals surface area contributed by atoms with Crippen LogP contribution in [0.3, 0.4) is 0 Å². The summed E-state index contributed by atoms with van der Waals surface area (Å²) in [6, 6.07) is 22.1. The van der Waals surface area contributed by atoms with Crippen LogP contribution in [0.5, 0.6) is 0 Å². The van der Waals surface area contributed by atoms with Gasteiger partial charge in [-0.15, -0.1) is 0 Å². The minimum absolute atomic E-state index is 0.138. The van der Waals surface area contributed by atoms with Crippen LogP contribution in [-0.2, 0) is 28.9 Å². The van der Waals surface area contributed by atoms with Crippen molar-refractivity contribution in [2.75, 3.05) is 11.4 Å². The van der Waals surface area contributed by atoms with Crippen LogP contribution in [0.4, 0.5) is 5.69 Å². The van der Waals surface area contributed by atoms with E-state index in [9.17, 15) is 13.8 Å². The molecule has 0 saturated heterocycles. The third-order valence-electron chi connectivity index (χ3n) is 5.44. The van der Waals surface area contributed by atoms with Crippen molar-refractivity contribution in [2.24, 2.45) is 0 Å². The standard InChI is InChI=1S/C28H26N2O4S/c1-20(2)34-28(32)24-15-12-23(13-16-24)19-30-27(31)25-18-22(14-17-26(25)29(3)35(30)33)11-7-10-21-8-5-4-6-9-21/h4-6,8-9,12-18,20H,10,19H2,1-3H3. The molecule has 35 heavy (non-hydrogen) atoms.